The highest BCUT2D eigenvalue weighted by atomic mass is 16.6. The summed E-state index contributed by atoms with van der Waals surface area (Å²) in [7, 11) is 0. The number of amides is 1. The van der Waals surface area contributed by atoms with Gasteiger partial charge in [0.1, 0.15) is 5.56 Å². The lowest BCUT2D eigenvalue weighted by Gasteiger charge is -2.09. The van der Waals surface area contributed by atoms with E-state index in [1.165, 1.54) is 12.1 Å². The predicted molar refractivity (Wildman–Crippen MR) is 79.1 cm³/mol. The smallest absolute Gasteiger partial charge is 0.282 e. The van der Waals surface area contributed by atoms with Gasteiger partial charge in [-0.3, -0.25) is 14.9 Å². The highest BCUT2D eigenvalue weighted by Crippen LogP contribution is 2.22. The average Bonchev–Trinajstić information content (AvgIpc) is 2.44. The van der Waals surface area contributed by atoms with E-state index < -0.39 is 10.8 Å². The largest absolute Gasteiger partial charge is 0.385 e. The fraction of sp³-hybridized carbons (Fsp3) is 0.500. The third-order valence-corrected chi connectivity index (χ3v) is 2.83. The molecule has 0 aliphatic rings. The Bertz CT molecular complexity index is 475. The van der Waals surface area contributed by atoms with Gasteiger partial charge in [-0.05, 0) is 25.0 Å². The second-order valence-electron chi connectivity index (χ2n) is 4.53. The lowest BCUT2D eigenvalue weighted by molar-refractivity contribution is -0.385. The minimum Gasteiger partial charge on any atom is -0.385 e. The minimum atomic E-state index is -0.529. The highest BCUT2D eigenvalue weighted by molar-refractivity contribution is 5.99. The van der Waals surface area contributed by atoms with Gasteiger partial charge in [-0.2, -0.15) is 0 Å². The summed E-state index contributed by atoms with van der Waals surface area (Å²) >= 11 is 0. The molecule has 110 valence electrons. The number of hydrogen-bond donors (Lipinski definition) is 2. The summed E-state index contributed by atoms with van der Waals surface area (Å²) in [5.41, 5.74) is 0.659. The summed E-state index contributed by atoms with van der Waals surface area (Å²) in [6, 6.07) is 4.53. The molecule has 1 aromatic rings. The van der Waals surface area contributed by atoms with E-state index in [9.17, 15) is 14.9 Å². The zero-order chi connectivity index (χ0) is 15.0. The van der Waals surface area contributed by atoms with E-state index in [0.29, 0.717) is 6.54 Å². The zero-order valence-electron chi connectivity index (χ0n) is 11.9. The van der Waals surface area contributed by atoms with Crippen LogP contribution in [0.4, 0.5) is 11.4 Å². The first kappa shape index (κ1) is 15.9. The Kier molecular flexibility index (Phi) is 6.49. The quantitative estimate of drug-likeness (QED) is 0.435. The summed E-state index contributed by atoms with van der Waals surface area (Å²) in [6.45, 7) is 5.33. The van der Waals surface area contributed by atoms with Gasteiger partial charge in [0.05, 0.1) is 4.92 Å². The number of nitrogens with one attached hydrogen (secondary N) is 2. The second-order valence-corrected chi connectivity index (χ2v) is 4.53. The van der Waals surface area contributed by atoms with Crippen LogP contribution in [0.25, 0.3) is 0 Å². The molecule has 0 unspecified atom stereocenters. The van der Waals surface area contributed by atoms with Crippen molar-refractivity contribution in [3.63, 3.8) is 0 Å². The first-order chi connectivity index (χ1) is 9.60. The normalized spacial score (nSPS) is 10.1. The highest BCUT2D eigenvalue weighted by Gasteiger charge is 2.20. The van der Waals surface area contributed by atoms with Crippen LogP contribution in [0.3, 0.4) is 0 Å². The Morgan fingerprint density at radius 1 is 1.25 bits per heavy atom. The first-order valence-electron chi connectivity index (χ1n) is 6.90. The van der Waals surface area contributed by atoms with Gasteiger partial charge in [-0.1, -0.05) is 20.3 Å². The molecule has 0 fully saturated rings. The number of benzene rings is 1. The van der Waals surface area contributed by atoms with Gasteiger partial charge in [0.15, 0.2) is 0 Å². The summed E-state index contributed by atoms with van der Waals surface area (Å²) in [4.78, 5) is 22.5. The fourth-order valence-corrected chi connectivity index (χ4v) is 1.73. The number of carbonyl (C=O) groups excluding carboxylic acids is 1. The van der Waals surface area contributed by atoms with E-state index in [1.807, 2.05) is 13.8 Å². The molecule has 0 spiro atoms. The van der Waals surface area contributed by atoms with Gasteiger partial charge < -0.3 is 10.6 Å². The van der Waals surface area contributed by atoms with Crippen molar-refractivity contribution >= 4 is 17.3 Å². The van der Waals surface area contributed by atoms with E-state index >= 15 is 0 Å². The Morgan fingerprint density at radius 3 is 2.60 bits per heavy atom. The molecule has 1 amide bonds. The van der Waals surface area contributed by atoms with E-state index in [-0.39, 0.29) is 11.3 Å². The van der Waals surface area contributed by atoms with Crippen LogP contribution >= 0.6 is 0 Å². The van der Waals surface area contributed by atoms with Crippen LogP contribution in [-0.2, 0) is 0 Å². The van der Waals surface area contributed by atoms with Crippen LogP contribution in [0.1, 0.15) is 43.5 Å². The summed E-state index contributed by atoms with van der Waals surface area (Å²) < 4.78 is 0. The second kappa shape index (κ2) is 8.14. The topological polar surface area (TPSA) is 84.3 Å². The number of unbranched alkanes of at least 4 members (excludes halogenated alkanes) is 1. The maximum Gasteiger partial charge on any atom is 0.282 e. The molecule has 0 radical (unpaired) electrons. The number of rotatable bonds is 8. The van der Waals surface area contributed by atoms with Crippen molar-refractivity contribution in [2.24, 2.45) is 0 Å². The van der Waals surface area contributed by atoms with E-state index in [1.54, 1.807) is 6.07 Å². The Balaban J connectivity index is 2.93. The molecule has 1 aromatic carbocycles. The molecule has 6 heteroatoms. The SMILES string of the molecule is CCCCNC(=O)c1cc(NCCC)ccc1[N+](=O)[O-]. The van der Waals surface area contributed by atoms with E-state index in [2.05, 4.69) is 10.6 Å². The van der Waals surface area contributed by atoms with E-state index in [4.69, 9.17) is 0 Å². The molecule has 0 aliphatic carbocycles. The lowest BCUT2D eigenvalue weighted by Crippen LogP contribution is -2.25. The number of anilines is 1. The van der Waals surface area contributed by atoms with Crippen molar-refractivity contribution < 1.29 is 9.72 Å². The summed E-state index contributed by atoms with van der Waals surface area (Å²) in [5.74, 6) is -0.398. The van der Waals surface area contributed by atoms with Gasteiger partial charge >= 0.3 is 0 Å². The van der Waals surface area contributed by atoms with Gasteiger partial charge in [-0.25, -0.2) is 0 Å². The van der Waals surface area contributed by atoms with Crippen LogP contribution in [0, 0.1) is 10.1 Å². The molecule has 0 aromatic heterocycles. The number of nitrogens with zero attached hydrogens (tertiary/aromatic N) is 1. The molecule has 20 heavy (non-hydrogen) atoms. The third-order valence-electron chi connectivity index (χ3n) is 2.83. The van der Waals surface area contributed by atoms with Crippen molar-refractivity contribution in [1.82, 2.24) is 5.32 Å². The molecular weight excluding hydrogens is 258 g/mol. The third kappa shape index (κ3) is 4.53. The van der Waals surface area contributed by atoms with Crippen molar-refractivity contribution in [3.8, 4) is 0 Å². The van der Waals surface area contributed by atoms with Crippen molar-refractivity contribution in [1.29, 1.82) is 0 Å². The van der Waals surface area contributed by atoms with E-state index in [0.717, 1.165) is 31.5 Å². The Labute approximate surface area is 118 Å². The van der Waals surface area contributed by atoms with Gasteiger partial charge in [0, 0.05) is 24.8 Å². The fourth-order valence-electron chi connectivity index (χ4n) is 1.73. The first-order valence-corrected chi connectivity index (χ1v) is 6.90. The number of carbonyl (C=O) groups is 1. The summed E-state index contributed by atoms with van der Waals surface area (Å²) in [6.07, 6.45) is 2.75. The molecule has 0 bridgehead atoms. The van der Waals surface area contributed by atoms with Gasteiger partial charge in [0.2, 0.25) is 0 Å². The average molecular weight is 279 g/mol. The Morgan fingerprint density at radius 2 is 2.00 bits per heavy atom. The monoisotopic (exact) mass is 279 g/mol. The molecule has 0 saturated carbocycles. The van der Waals surface area contributed by atoms with Crippen LogP contribution in [-0.4, -0.2) is 23.9 Å². The molecule has 0 aliphatic heterocycles. The van der Waals surface area contributed by atoms with Crippen molar-refractivity contribution in [2.75, 3.05) is 18.4 Å². The standard InChI is InChI=1S/C14H21N3O3/c1-3-5-9-16-14(18)12-10-11(15-8-4-2)6-7-13(12)17(19)20/h6-7,10,15H,3-5,8-9H2,1-2H3,(H,16,18). The molecule has 0 saturated heterocycles. The van der Waals surface area contributed by atoms with Gasteiger partial charge in [0.25, 0.3) is 11.6 Å². The van der Waals surface area contributed by atoms with Crippen molar-refractivity contribution in [2.45, 2.75) is 33.1 Å². The zero-order valence-corrected chi connectivity index (χ0v) is 11.9. The molecule has 2 N–H and O–H groups in total. The molecule has 6 nitrogen and oxygen atoms in total. The van der Waals surface area contributed by atoms with Crippen LogP contribution in [0.2, 0.25) is 0 Å². The number of nitro groups is 1. The maximum atomic E-state index is 12.0. The molecule has 0 atom stereocenters. The molecular formula is C14H21N3O3. The number of nitro benzene ring substituents is 1. The molecule has 0 heterocycles. The summed E-state index contributed by atoms with van der Waals surface area (Å²) in [5, 5.41) is 16.8. The van der Waals surface area contributed by atoms with Crippen molar-refractivity contribution in [3.05, 3.63) is 33.9 Å². The molecule has 1 rings (SSSR count). The van der Waals surface area contributed by atoms with Gasteiger partial charge in [-0.15, -0.1) is 0 Å². The van der Waals surface area contributed by atoms with Crippen LogP contribution in [0.15, 0.2) is 18.2 Å². The van der Waals surface area contributed by atoms with Crippen LogP contribution < -0.4 is 10.6 Å². The predicted octanol–water partition coefficient (Wildman–Crippen LogP) is 2.95. The Hall–Kier alpha value is -2.11. The van der Waals surface area contributed by atoms with Crippen LogP contribution in [0.5, 0.6) is 0 Å². The number of hydrogen-bond acceptors (Lipinski definition) is 4. The minimum absolute atomic E-state index is 0.104. The maximum absolute atomic E-state index is 12.0. The lowest BCUT2D eigenvalue weighted by atomic mass is 10.1.